The van der Waals surface area contributed by atoms with Gasteiger partial charge in [-0.2, -0.15) is 0 Å². The molecular formula is C19H22N4OS. The zero-order valence-corrected chi connectivity index (χ0v) is 15.5. The number of hydrogen-bond acceptors (Lipinski definition) is 4. The summed E-state index contributed by atoms with van der Waals surface area (Å²) in [6, 6.07) is 9.87. The quantitative estimate of drug-likeness (QED) is 0.729. The van der Waals surface area contributed by atoms with Crippen LogP contribution in [0.25, 0.3) is 0 Å². The molecule has 1 aromatic carbocycles. The maximum Gasteiger partial charge on any atom is 0.263 e. The summed E-state index contributed by atoms with van der Waals surface area (Å²) in [5.74, 6) is 0.247. The van der Waals surface area contributed by atoms with Gasteiger partial charge >= 0.3 is 0 Å². The molecular weight excluding hydrogens is 332 g/mol. The van der Waals surface area contributed by atoms with Crippen molar-refractivity contribution in [2.24, 2.45) is 0 Å². The van der Waals surface area contributed by atoms with Gasteiger partial charge in [0.05, 0.1) is 23.1 Å². The summed E-state index contributed by atoms with van der Waals surface area (Å²) in [6.45, 7) is 6.70. The second kappa shape index (κ2) is 7.61. The van der Waals surface area contributed by atoms with Crippen LogP contribution < -0.4 is 5.32 Å². The predicted octanol–water partition coefficient (Wildman–Crippen LogP) is 3.94. The highest BCUT2D eigenvalue weighted by Crippen LogP contribution is 2.25. The Morgan fingerprint density at radius 3 is 2.64 bits per heavy atom. The molecule has 0 fully saturated rings. The van der Waals surface area contributed by atoms with Crippen molar-refractivity contribution < 1.29 is 4.79 Å². The number of aromatic nitrogens is 3. The van der Waals surface area contributed by atoms with E-state index in [2.05, 4.69) is 29.1 Å². The van der Waals surface area contributed by atoms with Gasteiger partial charge < -0.3 is 9.88 Å². The Labute approximate surface area is 151 Å². The molecule has 1 amide bonds. The van der Waals surface area contributed by atoms with Crippen molar-refractivity contribution in [1.82, 2.24) is 19.9 Å². The van der Waals surface area contributed by atoms with Crippen LogP contribution >= 0.6 is 11.3 Å². The smallest absolute Gasteiger partial charge is 0.263 e. The molecule has 1 atom stereocenters. The molecule has 0 unspecified atom stereocenters. The van der Waals surface area contributed by atoms with E-state index in [0.717, 1.165) is 16.3 Å². The standard InChI is InChI=1S/C19H22N4OS/c1-13(2)19-21-14(3)17(25-19)18(24)22-16(11-23-10-9-20-12-23)15-7-5-4-6-8-15/h4-10,12-13,16H,11H2,1-3H3,(H,22,24)/t16-/m0/s1. The molecule has 2 heterocycles. The zero-order chi connectivity index (χ0) is 17.8. The van der Waals surface area contributed by atoms with Crippen LogP contribution in [0.1, 0.15) is 51.7 Å². The van der Waals surface area contributed by atoms with Crippen LogP contribution in [0.15, 0.2) is 49.1 Å². The third-order valence-corrected chi connectivity index (χ3v) is 5.43. The lowest BCUT2D eigenvalue weighted by Crippen LogP contribution is -2.31. The fraction of sp³-hybridized carbons (Fsp3) is 0.316. The molecule has 0 spiro atoms. The van der Waals surface area contributed by atoms with Gasteiger partial charge in [0.25, 0.3) is 5.91 Å². The number of nitrogens with zero attached hydrogens (tertiary/aromatic N) is 3. The Bertz CT molecular complexity index is 824. The second-order valence-corrected chi connectivity index (χ2v) is 7.35. The van der Waals surface area contributed by atoms with Crippen molar-refractivity contribution in [2.75, 3.05) is 0 Å². The lowest BCUT2D eigenvalue weighted by molar-refractivity contribution is 0.0936. The number of thiazole rings is 1. The predicted molar refractivity (Wildman–Crippen MR) is 99.8 cm³/mol. The van der Waals surface area contributed by atoms with Crippen LogP contribution in [0.5, 0.6) is 0 Å². The Morgan fingerprint density at radius 1 is 1.28 bits per heavy atom. The van der Waals surface area contributed by atoms with Crippen molar-refractivity contribution in [3.8, 4) is 0 Å². The fourth-order valence-electron chi connectivity index (χ4n) is 2.62. The Kier molecular flexibility index (Phi) is 5.28. The van der Waals surface area contributed by atoms with E-state index in [0.29, 0.717) is 17.3 Å². The Hall–Kier alpha value is -2.47. The summed E-state index contributed by atoms with van der Waals surface area (Å²) in [4.78, 5) is 22.2. The minimum atomic E-state index is -0.133. The monoisotopic (exact) mass is 354 g/mol. The van der Waals surface area contributed by atoms with E-state index in [9.17, 15) is 4.79 Å². The van der Waals surface area contributed by atoms with Gasteiger partial charge in [-0.3, -0.25) is 4.79 Å². The van der Waals surface area contributed by atoms with Crippen molar-refractivity contribution in [3.05, 3.63) is 70.2 Å². The highest BCUT2D eigenvalue weighted by molar-refractivity contribution is 7.13. The molecule has 0 bridgehead atoms. The third kappa shape index (κ3) is 4.14. The summed E-state index contributed by atoms with van der Waals surface area (Å²) in [6.07, 6.45) is 5.40. The van der Waals surface area contributed by atoms with Gasteiger partial charge in [0.1, 0.15) is 4.88 Å². The molecule has 0 aliphatic rings. The molecule has 25 heavy (non-hydrogen) atoms. The summed E-state index contributed by atoms with van der Waals surface area (Å²) in [5.41, 5.74) is 1.86. The summed E-state index contributed by atoms with van der Waals surface area (Å²) >= 11 is 1.48. The average Bonchev–Trinajstić information content (AvgIpc) is 3.24. The number of rotatable bonds is 6. The first-order valence-electron chi connectivity index (χ1n) is 8.33. The van der Waals surface area contributed by atoms with E-state index in [-0.39, 0.29) is 11.9 Å². The van der Waals surface area contributed by atoms with Gasteiger partial charge in [0.15, 0.2) is 0 Å². The Balaban J connectivity index is 1.83. The van der Waals surface area contributed by atoms with E-state index in [1.165, 1.54) is 11.3 Å². The number of carbonyl (C=O) groups is 1. The average molecular weight is 354 g/mol. The van der Waals surface area contributed by atoms with E-state index in [4.69, 9.17) is 0 Å². The highest BCUT2D eigenvalue weighted by atomic mass is 32.1. The number of imidazole rings is 1. The molecule has 130 valence electrons. The summed E-state index contributed by atoms with van der Waals surface area (Å²) in [7, 11) is 0. The van der Waals surface area contributed by atoms with Gasteiger partial charge in [-0.25, -0.2) is 9.97 Å². The van der Waals surface area contributed by atoms with Gasteiger partial charge in [-0.15, -0.1) is 11.3 Å². The topological polar surface area (TPSA) is 59.8 Å². The van der Waals surface area contributed by atoms with Crippen molar-refractivity contribution >= 4 is 17.2 Å². The first kappa shape index (κ1) is 17.4. The van der Waals surface area contributed by atoms with Crippen molar-refractivity contribution in [1.29, 1.82) is 0 Å². The molecule has 0 aliphatic heterocycles. The molecule has 5 nitrogen and oxygen atoms in total. The largest absolute Gasteiger partial charge is 0.343 e. The minimum absolute atomic E-state index is 0.0733. The lowest BCUT2D eigenvalue weighted by atomic mass is 10.1. The fourth-order valence-corrected chi connectivity index (χ4v) is 3.60. The zero-order valence-electron chi connectivity index (χ0n) is 14.6. The number of hydrogen-bond donors (Lipinski definition) is 1. The normalized spacial score (nSPS) is 12.3. The minimum Gasteiger partial charge on any atom is -0.343 e. The molecule has 0 saturated heterocycles. The molecule has 0 aliphatic carbocycles. The van der Waals surface area contributed by atoms with Gasteiger partial charge in [-0.1, -0.05) is 44.2 Å². The Morgan fingerprint density at radius 2 is 2.04 bits per heavy atom. The van der Waals surface area contributed by atoms with Crippen molar-refractivity contribution in [2.45, 2.75) is 39.3 Å². The van der Waals surface area contributed by atoms with Crippen molar-refractivity contribution in [3.63, 3.8) is 0 Å². The molecule has 6 heteroatoms. The van der Waals surface area contributed by atoms with Crippen LogP contribution in [0.2, 0.25) is 0 Å². The first-order chi connectivity index (χ1) is 12.0. The summed E-state index contributed by atoms with van der Waals surface area (Å²) in [5, 5.41) is 4.16. The van der Waals surface area contributed by atoms with Gasteiger partial charge in [0, 0.05) is 24.9 Å². The molecule has 3 aromatic rings. The maximum atomic E-state index is 12.8. The lowest BCUT2D eigenvalue weighted by Gasteiger charge is -2.19. The number of carbonyl (C=O) groups excluding carboxylic acids is 1. The molecule has 0 radical (unpaired) electrons. The molecule has 1 N–H and O–H groups in total. The van der Waals surface area contributed by atoms with E-state index < -0.39 is 0 Å². The van der Waals surface area contributed by atoms with Crippen LogP contribution in [0, 0.1) is 6.92 Å². The molecule has 0 saturated carbocycles. The second-order valence-electron chi connectivity index (χ2n) is 6.32. The number of nitrogens with one attached hydrogen (secondary N) is 1. The van der Waals surface area contributed by atoms with Crippen LogP contribution in [-0.4, -0.2) is 20.4 Å². The number of aryl methyl sites for hydroxylation is 1. The summed E-state index contributed by atoms with van der Waals surface area (Å²) < 4.78 is 1.97. The van der Waals surface area contributed by atoms with Crippen LogP contribution in [0.4, 0.5) is 0 Å². The van der Waals surface area contributed by atoms with E-state index >= 15 is 0 Å². The highest BCUT2D eigenvalue weighted by Gasteiger charge is 2.21. The van der Waals surface area contributed by atoms with Gasteiger partial charge in [0.2, 0.25) is 0 Å². The number of amides is 1. The number of benzene rings is 1. The van der Waals surface area contributed by atoms with Crippen LogP contribution in [-0.2, 0) is 6.54 Å². The van der Waals surface area contributed by atoms with Gasteiger partial charge in [-0.05, 0) is 12.5 Å². The molecule has 3 rings (SSSR count). The third-order valence-electron chi connectivity index (χ3n) is 3.97. The first-order valence-corrected chi connectivity index (χ1v) is 9.15. The molecule has 2 aromatic heterocycles. The van der Waals surface area contributed by atoms with Crippen LogP contribution in [0.3, 0.4) is 0 Å². The van der Waals surface area contributed by atoms with E-state index in [1.807, 2.05) is 48.0 Å². The van der Waals surface area contributed by atoms with E-state index in [1.54, 1.807) is 12.5 Å². The maximum absolute atomic E-state index is 12.8. The SMILES string of the molecule is Cc1nc(C(C)C)sc1C(=O)N[C@@H](Cn1ccnc1)c1ccccc1.